The van der Waals surface area contributed by atoms with Gasteiger partial charge in [0.15, 0.2) is 0 Å². The van der Waals surface area contributed by atoms with Crippen molar-refractivity contribution in [3.05, 3.63) is 0 Å². The minimum atomic E-state index is -1.21. The second-order valence-electron chi connectivity index (χ2n) is 5.20. The van der Waals surface area contributed by atoms with Crippen molar-refractivity contribution >= 4 is 37.2 Å². The summed E-state index contributed by atoms with van der Waals surface area (Å²) in [5, 5.41) is 18.8. The second kappa shape index (κ2) is 10.3. The normalized spacial score (nSPS) is 14.4. The van der Waals surface area contributed by atoms with Gasteiger partial charge in [0.05, 0.1) is 30.5 Å². The minimum absolute atomic E-state index is 0.237. The maximum atomic E-state index is 11.6. The number of thiol groups is 2. The van der Waals surface area contributed by atoms with Gasteiger partial charge in [0.25, 0.3) is 0 Å². The summed E-state index contributed by atoms with van der Waals surface area (Å²) >= 11 is 7.98. The molecule has 0 amide bonds. The fraction of sp³-hybridized carbons (Fsp3) is 0.846. The highest BCUT2D eigenvalue weighted by Crippen LogP contribution is 2.19. The van der Waals surface area contributed by atoms with E-state index in [1.165, 1.54) is 0 Å². The first-order chi connectivity index (χ1) is 9.85. The van der Waals surface area contributed by atoms with Crippen molar-refractivity contribution in [1.29, 1.82) is 0 Å². The number of esters is 2. The van der Waals surface area contributed by atoms with E-state index >= 15 is 0 Å². The van der Waals surface area contributed by atoms with Crippen molar-refractivity contribution < 1.29 is 29.3 Å². The number of hydrogen-bond acceptors (Lipinski definition) is 8. The highest BCUT2D eigenvalue weighted by molar-refractivity contribution is 7.80. The van der Waals surface area contributed by atoms with Gasteiger partial charge in [-0.3, -0.25) is 9.59 Å². The fourth-order valence-electron chi connectivity index (χ4n) is 1.16. The molecular formula is C13H24O6S2. The molecule has 0 aliphatic heterocycles. The molecule has 0 rings (SSSR count). The molecule has 0 fully saturated rings. The maximum absolute atomic E-state index is 11.6. The highest BCUT2D eigenvalue weighted by atomic mass is 32.1. The summed E-state index contributed by atoms with van der Waals surface area (Å²) in [6.45, 7) is 1.88. The van der Waals surface area contributed by atoms with E-state index in [1.807, 2.05) is 0 Å². The van der Waals surface area contributed by atoms with Crippen molar-refractivity contribution in [3.63, 3.8) is 0 Å². The van der Waals surface area contributed by atoms with Crippen molar-refractivity contribution in [3.8, 4) is 0 Å². The van der Waals surface area contributed by atoms with E-state index in [4.69, 9.17) is 9.47 Å². The van der Waals surface area contributed by atoms with Crippen LogP contribution in [0.5, 0.6) is 0 Å². The predicted octanol–water partition coefficient (Wildman–Crippen LogP) is 0.176. The van der Waals surface area contributed by atoms with Gasteiger partial charge in [-0.25, -0.2) is 0 Å². The van der Waals surface area contributed by atoms with E-state index in [9.17, 15) is 19.8 Å². The Labute approximate surface area is 136 Å². The van der Waals surface area contributed by atoms with Gasteiger partial charge in [-0.05, 0) is 0 Å². The Morgan fingerprint density at radius 2 is 1.29 bits per heavy atom. The van der Waals surface area contributed by atoms with Crippen LogP contribution < -0.4 is 0 Å². The van der Waals surface area contributed by atoms with Crippen LogP contribution in [0.1, 0.15) is 13.8 Å². The SMILES string of the molecule is CC(CS)C(=O)OCC(CO)(CO)COC(=O)C(C)CS. The van der Waals surface area contributed by atoms with E-state index in [1.54, 1.807) is 13.8 Å². The van der Waals surface area contributed by atoms with E-state index < -0.39 is 42.4 Å². The van der Waals surface area contributed by atoms with Gasteiger partial charge in [-0.15, -0.1) is 0 Å². The van der Waals surface area contributed by atoms with Gasteiger partial charge in [-0.1, -0.05) is 13.8 Å². The van der Waals surface area contributed by atoms with Crippen LogP contribution in [0, 0.1) is 17.3 Å². The molecule has 0 heterocycles. The molecule has 0 aromatic carbocycles. The first-order valence-electron chi connectivity index (χ1n) is 6.62. The quantitative estimate of drug-likeness (QED) is 0.335. The maximum Gasteiger partial charge on any atom is 0.309 e. The molecule has 8 heteroatoms. The average Bonchev–Trinajstić information content (AvgIpc) is 2.53. The lowest BCUT2D eigenvalue weighted by molar-refractivity contribution is -0.162. The molecule has 0 aliphatic carbocycles. The van der Waals surface area contributed by atoms with E-state index in [2.05, 4.69) is 25.3 Å². The summed E-state index contributed by atoms with van der Waals surface area (Å²) in [7, 11) is 0. The molecule has 2 N–H and O–H groups in total. The molecule has 6 nitrogen and oxygen atoms in total. The Balaban J connectivity index is 4.55. The zero-order valence-corrected chi connectivity index (χ0v) is 14.1. The first kappa shape index (κ1) is 20.6. The van der Waals surface area contributed by atoms with Crippen LogP contribution in [-0.4, -0.2) is 60.1 Å². The van der Waals surface area contributed by atoms with Gasteiger partial charge in [-0.2, -0.15) is 25.3 Å². The van der Waals surface area contributed by atoms with Gasteiger partial charge >= 0.3 is 11.9 Å². The zero-order valence-electron chi connectivity index (χ0n) is 12.3. The Hall–Kier alpha value is -0.440. The van der Waals surface area contributed by atoms with Crippen molar-refractivity contribution in [2.45, 2.75) is 13.8 Å². The Morgan fingerprint density at radius 3 is 1.52 bits per heavy atom. The van der Waals surface area contributed by atoms with Crippen molar-refractivity contribution in [2.75, 3.05) is 37.9 Å². The van der Waals surface area contributed by atoms with Gasteiger partial charge < -0.3 is 19.7 Å². The van der Waals surface area contributed by atoms with Crippen molar-refractivity contribution in [1.82, 2.24) is 0 Å². The third-order valence-corrected chi connectivity index (χ3v) is 4.16. The first-order valence-corrected chi connectivity index (χ1v) is 7.89. The van der Waals surface area contributed by atoms with Crippen LogP contribution in [0.2, 0.25) is 0 Å². The molecule has 21 heavy (non-hydrogen) atoms. The largest absolute Gasteiger partial charge is 0.465 e. The lowest BCUT2D eigenvalue weighted by Crippen LogP contribution is -2.42. The third-order valence-electron chi connectivity index (χ3n) is 3.06. The van der Waals surface area contributed by atoms with Crippen LogP contribution in [0.25, 0.3) is 0 Å². The Bertz CT molecular complexity index is 305. The summed E-state index contributed by atoms with van der Waals surface area (Å²) in [6, 6.07) is 0. The molecule has 2 unspecified atom stereocenters. The summed E-state index contributed by atoms with van der Waals surface area (Å²) in [5.41, 5.74) is -1.21. The zero-order chi connectivity index (χ0) is 16.5. The number of ether oxygens (including phenoxy) is 2. The molecule has 0 aromatic heterocycles. The number of hydrogen-bond donors (Lipinski definition) is 4. The van der Waals surface area contributed by atoms with E-state index in [0.717, 1.165) is 0 Å². The molecule has 0 saturated heterocycles. The van der Waals surface area contributed by atoms with Crippen LogP contribution in [0.15, 0.2) is 0 Å². The Kier molecular flexibility index (Phi) is 10.1. The lowest BCUT2D eigenvalue weighted by Gasteiger charge is -2.29. The van der Waals surface area contributed by atoms with Crippen molar-refractivity contribution in [2.24, 2.45) is 17.3 Å². The summed E-state index contributed by atoms with van der Waals surface area (Å²) in [6.07, 6.45) is 0. The monoisotopic (exact) mass is 340 g/mol. The van der Waals surface area contributed by atoms with Gasteiger partial charge in [0, 0.05) is 11.5 Å². The fourth-order valence-corrected chi connectivity index (χ4v) is 1.45. The topological polar surface area (TPSA) is 93.1 Å². The molecule has 0 spiro atoms. The lowest BCUT2D eigenvalue weighted by atomic mass is 9.92. The van der Waals surface area contributed by atoms with Crippen LogP contribution in [0.3, 0.4) is 0 Å². The van der Waals surface area contributed by atoms with E-state index in [0.29, 0.717) is 11.5 Å². The molecular weight excluding hydrogens is 316 g/mol. The van der Waals surface area contributed by atoms with Crippen LogP contribution >= 0.6 is 25.3 Å². The average molecular weight is 340 g/mol. The number of carbonyl (C=O) groups excluding carboxylic acids is 2. The smallest absolute Gasteiger partial charge is 0.309 e. The standard InChI is InChI=1S/C13H24O6S2/c1-9(3-20)11(16)18-7-13(5-14,6-15)8-19-12(17)10(2)4-21/h9-10,14-15,20-21H,3-8H2,1-2H3. The molecule has 0 aromatic rings. The summed E-state index contributed by atoms with van der Waals surface area (Å²) in [5.74, 6) is -1.08. The number of aliphatic hydroxyl groups excluding tert-OH is 2. The molecule has 124 valence electrons. The third kappa shape index (κ3) is 6.90. The van der Waals surface area contributed by atoms with Crippen LogP contribution in [0.4, 0.5) is 0 Å². The Morgan fingerprint density at radius 1 is 0.952 bits per heavy atom. The molecule has 0 bridgehead atoms. The second-order valence-corrected chi connectivity index (χ2v) is 5.93. The van der Waals surface area contributed by atoms with Gasteiger partial charge in [0.2, 0.25) is 0 Å². The predicted molar refractivity (Wildman–Crippen MR) is 84.6 cm³/mol. The number of rotatable bonds is 10. The van der Waals surface area contributed by atoms with E-state index in [-0.39, 0.29) is 13.2 Å². The van der Waals surface area contributed by atoms with Crippen LogP contribution in [-0.2, 0) is 19.1 Å². The summed E-state index contributed by atoms with van der Waals surface area (Å²) < 4.78 is 10.1. The number of aliphatic hydroxyl groups is 2. The summed E-state index contributed by atoms with van der Waals surface area (Å²) in [4.78, 5) is 23.2. The van der Waals surface area contributed by atoms with Gasteiger partial charge in [0.1, 0.15) is 13.2 Å². The molecule has 0 radical (unpaired) electrons. The number of carbonyl (C=O) groups is 2. The minimum Gasteiger partial charge on any atom is -0.465 e. The molecule has 2 atom stereocenters. The molecule has 0 aliphatic rings. The molecule has 0 saturated carbocycles. The highest BCUT2D eigenvalue weighted by Gasteiger charge is 2.34.